The number of carbonyl (C=O) groups excluding carboxylic acids is 1. The molecule has 1 aliphatic heterocycles. The Morgan fingerprint density at radius 2 is 2.20 bits per heavy atom. The summed E-state index contributed by atoms with van der Waals surface area (Å²) >= 11 is 0. The first kappa shape index (κ1) is 13.2. The quantitative estimate of drug-likeness (QED) is 0.872. The summed E-state index contributed by atoms with van der Waals surface area (Å²) in [5.74, 6) is 0.263. The van der Waals surface area contributed by atoms with Crippen molar-refractivity contribution in [1.82, 2.24) is 10.2 Å². The molecule has 0 radical (unpaired) electrons. The van der Waals surface area contributed by atoms with Gasteiger partial charge in [-0.25, -0.2) is 0 Å². The Morgan fingerprint density at radius 1 is 1.40 bits per heavy atom. The molecule has 1 unspecified atom stereocenters. The minimum absolute atomic E-state index is 0.0461. The summed E-state index contributed by atoms with van der Waals surface area (Å²) in [6.07, 6.45) is 3.61. The van der Waals surface area contributed by atoms with Gasteiger partial charge in [-0.1, -0.05) is 0 Å². The van der Waals surface area contributed by atoms with E-state index in [-0.39, 0.29) is 17.7 Å². The van der Waals surface area contributed by atoms with Crippen LogP contribution in [0.25, 0.3) is 0 Å². The zero-order valence-corrected chi connectivity index (χ0v) is 11.6. The van der Waals surface area contributed by atoms with Gasteiger partial charge in [-0.3, -0.25) is 9.69 Å². The lowest BCUT2D eigenvalue weighted by atomic mass is 10.1. The third-order valence-electron chi connectivity index (χ3n) is 4.06. The number of aromatic hydroxyl groups is 1. The number of phenolic OH excluding ortho intramolecular Hbond substituents is 1. The highest BCUT2D eigenvalue weighted by atomic mass is 16.5. The number of rotatable bonds is 4. The summed E-state index contributed by atoms with van der Waals surface area (Å²) in [4.78, 5) is 14.7. The van der Waals surface area contributed by atoms with Crippen molar-refractivity contribution >= 4 is 5.91 Å². The number of nitrogens with one attached hydrogen (secondary N) is 1. The maximum absolute atomic E-state index is 12.2. The summed E-state index contributed by atoms with van der Waals surface area (Å²) in [5, 5.41) is 12.6. The molecule has 5 heteroatoms. The second-order valence-corrected chi connectivity index (χ2v) is 5.57. The molecule has 0 aromatic heterocycles. The lowest BCUT2D eigenvalue weighted by molar-refractivity contribution is 0.0937. The van der Waals surface area contributed by atoms with Gasteiger partial charge in [0.2, 0.25) is 0 Å². The fourth-order valence-corrected chi connectivity index (χ4v) is 2.76. The van der Waals surface area contributed by atoms with Crippen LogP contribution in [0.15, 0.2) is 18.2 Å². The fourth-order valence-electron chi connectivity index (χ4n) is 2.76. The summed E-state index contributed by atoms with van der Waals surface area (Å²) in [5.41, 5.74) is 0.518. The molecule has 1 heterocycles. The van der Waals surface area contributed by atoms with Gasteiger partial charge in [0.25, 0.3) is 5.91 Å². The predicted octanol–water partition coefficient (Wildman–Crippen LogP) is 1.37. The highest BCUT2D eigenvalue weighted by Crippen LogP contribution is 2.30. The lowest BCUT2D eigenvalue weighted by Gasteiger charge is -2.16. The first-order valence-electron chi connectivity index (χ1n) is 7.09. The second-order valence-electron chi connectivity index (χ2n) is 5.57. The molecule has 1 atom stereocenters. The summed E-state index contributed by atoms with van der Waals surface area (Å²) in [6.45, 7) is 2.03. The maximum atomic E-state index is 12.2. The Hall–Kier alpha value is -1.75. The van der Waals surface area contributed by atoms with Gasteiger partial charge in [0.15, 0.2) is 11.5 Å². The minimum atomic E-state index is -0.106. The van der Waals surface area contributed by atoms with Crippen molar-refractivity contribution in [2.24, 2.45) is 0 Å². The molecule has 1 aromatic carbocycles. The van der Waals surface area contributed by atoms with E-state index in [2.05, 4.69) is 10.2 Å². The van der Waals surface area contributed by atoms with E-state index < -0.39 is 0 Å². The van der Waals surface area contributed by atoms with Crippen LogP contribution in [0.5, 0.6) is 11.5 Å². The Kier molecular flexibility index (Phi) is 3.53. The third-order valence-corrected chi connectivity index (χ3v) is 4.06. The van der Waals surface area contributed by atoms with Gasteiger partial charge in [0.05, 0.1) is 7.11 Å². The van der Waals surface area contributed by atoms with Gasteiger partial charge in [0, 0.05) is 30.7 Å². The second kappa shape index (κ2) is 5.32. The van der Waals surface area contributed by atoms with Crippen LogP contribution < -0.4 is 10.1 Å². The molecule has 5 nitrogen and oxygen atoms in total. The molecule has 1 aliphatic carbocycles. The van der Waals surface area contributed by atoms with E-state index in [1.807, 2.05) is 0 Å². The smallest absolute Gasteiger partial charge is 0.251 e. The van der Waals surface area contributed by atoms with E-state index in [9.17, 15) is 9.90 Å². The van der Waals surface area contributed by atoms with Crippen LogP contribution in [0.3, 0.4) is 0 Å². The molecule has 2 fully saturated rings. The van der Waals surface area contributed by atoms with Crippen LogP contribution in [0.4, 0.5) is 0 Å². The molecule has 0 spiro atoms. The number of nitrogens with zero attached hydrogens (tertiary/aromatic N) is 1. The topological polar surface area (TPSA) is 61.8 Å². The van der Waals surface area contributed by atoms with Crippen molar-refractivity contribution in [2.75, 3.05) is 20.2 Å². The third kappa shape index (κ3) is 2.72. The molecular weight excluding hydrogens is 256 g/mol. The number of hydrogen-bond donors (Lipinski definition) is 2. The molecule has 20 heavy (non-hydrogen) atoms. The number of methoxy groups -OCH3 is 1. The average Bonchev–Trinajstić information content (AvgIpc) is 3.20. The van der Waals surface area contributed by atoms with E-state index in [1.54, 1.807) is 12.1 Å². The van der Waals surface area contributed by atoms with Crippen LogP contribution in [0.2, 0.25) is 0 Å². The zero-order chi connectivity index (χ0) is 14.1. The van der Waals surface area contributed by atoms with Crippen LogP contribution in [0.1, 0.15) is 29.6 Å². The van der Waals surface area contributed by atoms with Crippen molar-refractivity contribution in [3.63, 3.8) is 0 Å². The van der Waals surface area contributed by atoms with Gasteiger partial charge in [0.1, 0.15) is 0 Å². The van der Waals surface area contributed by atoms with E-state index in [1.165, 1.54) is 26.0 Å². The van der Waals surface area contributed by atoms with Crippen molar-refractivity contribution in [2.45, 2.75) is 31.3 Å². The number of likely N-dealkylation sites (tertiary alicyclic amines) is 1. The largest absolute Gasteiger partial charge is 0.504 e. The Balaban J connectivity index is 1.61. The van der Waals surface area contributed by atoms with Crippen molar-refractivity contribution < 1.29 is 14.6 Å². The predicted molar refractivity (Wildman–Crippen MR) is 75.1 cm³/mol. The van der Waals surface area contributed by atoms with Crippen LogP contribution in [-0.2, 0) is 0 Å². The molecule has 1 saturated heterocycles. The van der Waals surface area contributed by atoms with Crippen LogP contribution >= 0.6 is 0 Å². The Morgan fingerprint density at radius 3 is 2.90 bits per heavy atom. The molecule has 1 saturated carbocycles. The van der Waals surface area contributed by atoms with Gasteiger partial charge in [-0.15, -0.1) is 0 Å². The van der Waals surface area contributed by atoms with Gasteiger partial charge < -0.3 is 15.2 Å². The molecule has 3 rings (SSSR count). The van der Waals surface area contributed by atoms with E-state index in [4.69, 9.17) is 4.74 Å². The Labute approximate surface area is 118 Å². The summed E-state index contributed by atoms with van der Waals surface area (Å²) in [7, 11) is 1.47. The van der Waals surface area contributed by atoms with Crippen LogP contribution in [-0.4, -0.2) is 48.2 Å². The molecule has 1 aromatic rings. The molecule has 108 valence electrons. The molecule has 0 bridgehead atoms. The first-order chi connectivity index (χ1) is 9.67. The normalized spacial score (nSPS) is 22.8. The SMILES string of the molecule is COc1cc(C(=O)NC2CCN(C3CC3)C2)ccc1O. The number of carbonyl (C=O) groups is 1. The number of hydrogen-bond acceptors (Lipinski definition) is 4. The van der Waals surface area contributed by atoms with Crippen molar-refractivity contribution in [3.8, 4) is 11.5 Å². The number of phenols is 1. The molecule has 2 aliphatic rings. The Bertz CT molecular complexity index is 514. The van der Waals surface area contributed by atoms with E-state index >= 15 is 0 Å². The van der Waals surface area contributed by atoms with Crippen molar-refractivity contribution in [1.29, 1.82) is 0 Å². The van der Waals surface area contributed by atoms with Crippen LogP contribution in [0, 0.1) is 0 Å². The highest BCUT2D eigenvalue weighted by molar-refractivity contribution is 5.95. The summed E-state index contributed by atoms with van der Waals surface area (Å²) in [6, 6.07) is 5.64. The standard InChI is InChI=1S/C15H20N2O3/c1-20-14-8-10(2-5-13(14)18)15(19)16-11-6-7-17(9-11)12-3-4-12/h2,5,8,11-12,18H,3-4,6-7,9H2,1H3,(H,16,19). The molecular formula is C15H20N2O3. The molecule has 2 N–H and O–H groups in total. The average molecular weight is 276 g/mol. The van der Waals surface area contributed by atoms with Gasteiger partial charge >= 0.3 is 0 Å². The minimum Gasteiger partial charge on any atom is -0.504 e. The zero-order valence-electron chi connectivity index (χ0n) is 11.6. The highest BCUT2D eigenvalue weighted by Gasteiger charge is 2.34. The first-order valence-corrected chi connectivity index (χ1v) is 7.09. The van der Waals surface area contributed by atoms with E-state index in [0.29, 0.717) is 11.3 Å². The van der Waals surface area contributed by atoms with Crippen molar-refractivity contribution in [3.05, 3.63) is 23.8 Å². The molecule has 1 amide bonds. The number of amides is 1. The fraction of sp³-hybridized carbons (Fsp3) is 0.533. The summed E-state index contributed by atoms with van der Waals surface area (Å²) < 4.78 is 5.02. The maximum Gasteiger partial charge on any atom is 0.251 e. The monoisotopic (exact) mass is 276 g/mol. The number of benzene rings is 1. The number of ether oxygens (including phenoxy) is 1. The van der Waals surface area contributed by atoms with Gasteiger partial charge in [-0.2, -0.15) is 0 Å². The van der Waals surface area contributed by atoms with E-state index in [0.717, 1.165) is 25.6 Å². The van der Waals surface area contributed by atoms with Gasteiger partial charge in [-0.05, 0) is 37.5 Å². The lowest BCUT2D eigenvalue weighted by Crippen LogP contribution is -2.37.